The van der Waals surface area contributed by atoms with Crippen molar-refractivity contribution in [1.29, 1.82) is 0 Å². The van der Waals surface area contributed by atoms with Gasteiger partial charge in [-0.3, -0.25) is 9.69 Å². The number of esters is 1. The fourth-order valence-electron chi connectivity index (χ4n) is 2.83. The Labute approximate surface area is 122 Å². The number of nitrogens with zero attached hydrogens (tertiary/aromatic N) is 2. The minimum atomic E-state index is -0.0932. The van der Waals surface area contributed by atoms with Gasteiger partial charge in [0.1, 0.15) is 5.01 Å². The molecule has 4 nitrogen and oxygen atoms in total. The van der Waals surface area contributed by atoms with E-state index in [1.54, 1.807) is 11.3 Å². The number of hydrogen-bond acceptors (Lipinski definition) is 5. The van der Waals surface area contributed by atoms with Crippen molar-refractivity contribution in [2.75, 3.05) is 20.2 Å². The number of carbonyl (C=O) groups is 1. The molecule has 0 saturated carbocycles. The molecule has 1 aliphatic heterocycles. The summed E-state index contributed by atoms with van der Waals surface area (Å²) in [6.45, 7) is 4.62. The lowest BCUT2D eigenvalue weighted by Gasteiger charge is -2.13. The van der Waals surface area contributed by atoms with Crippen LogP contribution < -0.4 is 0 Å². The number of benzene rings is 1. The molecule has 2 unspecified atom stereocenters. The van der Waals surface area contributed by atoms with Gasteiger partial charge in [-0.1, -0.05) is 19.1 Å². The molecule has 1 aliphatic rings. The number of ether oxygens (including phenoxy) is 1. The van der Waals surface area contributed by atoms with Gasteiger partial charge in [0.05, 0.1) is 29.8 Å². The summed E-state index contributed by atoms with van der Waals surface area (Å²) in [6, 6.07) is 8.19. The molecule has 1 fully saturated rings. The highest BCUT2D eigenvalue weighted by molar-refractivity contribution is 7.18. The van der Waals surface area contributed by atoms with E-state index in [1.807, 2.05) is 18.2 Å². The van der Waals surface area contributed by atoms with Crippen LogP contribution in [0.25, 0.3) is 10.2 Å². The second-order valence-corrected chi connectivity index (χ2v) is 6.49. The first-order chi connectivity index (χ1) is 9.67. The van der Waals surface area contributed by atoms with Crippen LogP contribution in [0.3, 0.4) is 0 Å². The smallest absolute Gasteiger partial charge is 0.310 e. The first-order valence-corrected chi connectivity index (χ1v) is 7.63. The van der Waals surface area contributed by atoms with E-state index < -0.39 is 0 Å². The third-order valence-electron chi connectivity index (χ3n) is 3.89. The van der Waals surface area contributed by atoms with Gasteiger partial charge in [0.2, 0.25) is 0 Å². The molecule has 3 rings (SSSR count). The summed E-state index contributed by atoms with van der Waals surface area (Å²) in [5.41, 5.74) is 1.06. The third-order valence-corrected chi connectivity index (χ3v) is 4.91. The fraction of sp³-hybridized carbons (Fsp3) is 0.467. The number of fused-ring (bicyclic) bond motifs is 1. The number of rotatable bonds is 3. The fourth-order valence-corrected chi connectivity index (χ4v) is 3.84. The van der Waals surface area contributed by atoms with Gasteiger partial charge < -0.3 is 4.74 Å². The van der Waals surface area contributed by atoms with Crippen LogP contribution in [-0.4, -0.2) is 36.1 Å². The predicted molar refractivity (Wildman–Crippen MR) is 79.6 cm³/mol. The molecule has 1 aromatic carbocycles. The normalized spacial score (nSPS) is 23.3. The van der Waals surface area contributed by atoms with Crippen LogP contribution >= 0.6 is 11.3 Å². The van der Waals surface area contributed by atoms with E-state index in [9.17, 15) is 4.79 Å². The van der Waals surface area contributed by atoms with Crippen molar-refractivity contribution in [2.45, 2.75) is 13.5 Å². The summed E-state index contributed by atoms with van der Waals surface area (Å²) in [6.07, 6.45) is 0. The summed E-state index contributed by atoms with van der Waals surface area (Å²) in [5.74, 6) is 0.246. The second kappa shape index (κ2) is 5.50. The molecule has 106 valence electrons. The highest BCUT2D eigenvalue weighted by Gasteiger charge is 2.35. The zero-order valence-electron chi connectivity index (χ0n) is 11.7. The lowest BCUT2D eigenvalue weighted by molar-refractivity contribution is -0.146. The maximum absolute atomic E-state index is 11.7. The predicted octanol–water partition coefficient (Wildman–Crippen LogP) is 2.54. The Bertz CT molecular complexity index is 592. The maximum atomic E-state index is 11.7. The molecule has 0 bridgehead atoms. The SMILES string of the molecule is COC(=O)C1CN(Cc2nc3ccccc3s2)CC1C. The first-order valence-electron chi connectivity index (χ1n) is 6.82. The molecule has 5 heteroatoms. The minimum Gasteiger partial charge on any atom is -0.469 e. The van der Waals surface area contributed by atoms with Crippen molar-refractivity contribution in [3.8, 4) is 0 Å². The number of carbonyl (C=O) groups excluding carboxylic acids is 1. The van der Waals surface area contributed by atoms with Crippen LogP contribution in [0, 0.1) is 11.8 Å². The highest BCUT2D eigenvalue weighted by Crippen LogP contribution is 2.28. The Balaban J connectivity index is 1.71. The van der Waals surface area contributed by atoms with Crippen LogP contribution in [0.5, 0.6) is 0 Å². The largest absolute Gasteiger partial charge is 0.469 e. The Kier molecular flexibility index (Phi) is 3.72. The van der Waals surface area contributed by atoms with Gasteiger partial charge in [0.15, 0.2) is 0 Å². The van der Waals surface area contributed by atoms with Crippen molar-refractivity contribution >= 4 is 27.5 Å². The first kappa shape index (κ1) is 13.5. The standard InChI is InChI=1S/C15H18N2O2S/c1-10-7-17(8-11(10)15(18)19-2)9-14-16-12-5-3-4-6-13(12)20-14/h3-6,10-11H,7-9H2,1-2H3. The molecule has 1 saturated heterocycles. The van der Waals surface area contributed by atoms with Crippen LogP contribution in [0.1, 0.15) is 11.9 Å². The van der Waals surface area contributed by atoms with Gasteiger partial charge >= 0.3 is 5.97 Å². The molecule has 1 aromatic heterocycles. The highest BCUT2D eigenvalue weighted by atomic mass is 32.1. The quantitative estimate of drug-likeness (QED) is 0.815. The number of thiazole rings is 1. The van der Waals surface area contributed by atoms with Gasteiger partial charge in [0, 0.05) is 13.1 Å². The van der Waals surface area contributed by atoms with Crippen molar-refractivity contribution in [3.05, 3.63) is 29.3 Å². The van der Waals surface area contributed by atoms with Crippen LogP contribution in [-0.2, 0) is 16.1 Å². The number of methoxy groups -OCH3 is 1. The molecule has 20 heavy (non-hydrogen) atoms. The Morgan fingerprint density at radius 1 is 1.45 bits per heavy atom. The number of hydrogen-bond donors (Lipinski definition) is 0. The van der Waals surface area contributed by atoms with Crippen molar-refractivity contribution in [3.63, 3.8) is 0 Å². The molecule has 2 heterocycles. The second-order valence-electron chi connectivity index (χ2n) is 5.38. The zero-order chi connectivity index (χ0) is 14.1. The number of likely N-dealkylation sites (tertiary alicyclic amines) is 1. The molecule has 2 aromatic rings. The Morgan fingerprint density at radius 2 is 2.25 bits per heavy atom. The van der Waals surface area contributed by atoms with E-state index in [0.29, 0.717) is 5.92 Å². The van der Waals surface area contributed by atoms with Crippen molar-refractivity contribution < 1.29 is 9.53 Å². The summed E-state index contributed by atoms with van der Waals surface area (Å²) in [7, 11) is 1.46. The molecule has 0 spiro atoms. The Hall–Kier alpha value is -1.46. The molecule has 0 radical (unpaired) electrons. The van der Waals surface area contributed by atoms with Crippen LogP contribution in [0.2, 0.25) is 0 Å². The summed E-state index contributed by atoms with van der Waals surface area (Å²) >= 11 is 1.73. The molecular formula is C15H18N2O2S. The molecular weight excluding hydrogens is 272 g/mol. The van der Waals surface area contributed by atoms with E-state index in [-0.39, 0.29) is 11.9 Å². The van der Waals surface area contributed by atoms with Gasteiger partial charge in [0.25, 0.3) is 0 Å². The van der Waals surface area contributed by atoms with Gasteiger partial charge in [-0.05, 0) is 18.1 Å². The zero-order valence-corrected chi connectivity index (χ0v) is 12.5. The lowest BCUT2D eigenvalue weighted by Crippen LogP contribution is -2.24. The van der Waals surface area contributed by atoms with Crippen molar-refractivity contribution in [2.24, 2.45) is 11.8 Å². The third kappa shape index (κ3) is 2.55. The summed E-state index contributed by atoms with van der Waals surface area (Å²) < 4.78 is 6.09. The van der Waals surface area contributed by atoms with Gasteiger partial charge in [-0.2, -0.15) is 0 Å². The van der Waals surface area contributed by atoms with E-state index in [1.165, 1.54) is 11.8 Å². The molecule has 0 amide bonds. The van der Waals surface area contributed by atoms with Crippen LogP contribution in [0.4, 0.5) is 0 Å². The molecule has 0 N–H and O–H groups in total. The lowest BCUT2D eigenvalue weighted by atomic mass is 9.99. The van der Waals surface area contributed by atoms with E-state index in [4.69, 9.17) is 4.74 Å². The van der Waals surface area contributed by atoms with Crippen LogP contribution in [0.15, 0.2) is 24.3 Å². The topological polar surface area (TPSA) is 42.4 Å². The van der Waals surface area contributed by atoms with E-state index >= 15 is 0 Å². The van der Waals surface area contributed by atoms with Gasteiger partial charge in [-0.25, -0.2) is 4.98 Å². The minimum absolute atomic E-state index is 0.00521. The van der Waals surface area contributed by atoms with E-state index in [0.717, 1.165) is 30.2 Å². The maximum Gasteiger partial charge on any atom is 0.310 e. The number of para-hydroxylation sites is 1. The number of aromatic nitrogens is 1. The van der Waals surface area contributed by atoms with Gasteiger partial charge in [-0.15, -0.1) is 11.3 Å². The summed E-state index contributed by atoms with van der Waals surface area (Å²) in [5, 5.41) is 1.11. The summed E-state index contributed by atoms with van der Waals surface area (Å²) in [4.78, 5) is 18.6. The molecule has 2 atom stereocenters. The van der Waals surface area contributed by atoms with Crippen molar-refractivity contribution in [1.82, 2.24) is 9.88 Å². The average molecular weight is 290 g/mol. The van der Waals surface area contributed by atoms with E-state index in [2.05, 4.69) is 22.9 Å². The molecule has 0 aliphatic carbocycles. The Morgan fingerprint density at radius 3 is 3.00 bits per heavy atom. The monoisotopic (exact) mass is 290 g/mol. The average Bonchev–Trinajstić information content (AvgIpc) is 3.01.